The number of amides is 1. The second-order valence-corrected chi connectivity index (χ2v) is 8.44. The van der Waals surface area contributed by atoms with Crippen LogP contribution >= 0.6 is 22.9 Å². The van der Waals surface area contributed by atoms with Crippen molar-refractivity contribution in [3.8, 4) is 10.6 Å². The first kappa shape index (κ1) is 22.6. The van der Waals surface area contributed by atoms with E-state index in [4.69, 9.17) is 16.3 Å². The molecule has 4 aromatic rings. The Labute approximate surface area is 197 Å². The summed E-state index contributed by atoms with van der Waals surface area (Å²) in [5.41, 5.74) is 2.01. The molecule has 10 heteroatoms. The molecule has 0 saturated heterocycles. The molecule has 1 amide bonds. The van der Waals surface area contributed by atoms with E-state index in [1.807, 2.05) is 18.2 Å². The first-order valence-electron chi connectivity index (χ1n) is 9.86. The maximum atomic E-state index is 13.1. The summed E-state index contributed by atoms with van der Waals surface area (Å²) in [7, 11) is 0. The van der Waals surface area contributed by atoms with Crippen molar-refractivity contribution in [3.63, 3.8) is 0 Å². The highest BCUT2D eigenvalue weighted by atomic mass is 35.5. The first-order valence-corrected chi connectivity index (χ1v) is 11.1. The predicted octanol–water partition coefficient (Wildman–Crippen LogP) is 4.95. The van der Waals surface area contributed by atoms with Crippen LogP contribution < -0.4 is 5.32 Å². The molecule has 1 N–H and O–H groups in total. The summed E-state index contributed by atoms with van der Waals surface area (Å²) in [5.74, 6) is -1.07. The monoisotopic (exact) mass is 484 g/mol. The maximum absolute atomic E-state index is 13.1. The van der Waals surface area contributed by atoms with Crippen LogP contribution in [-0.2, 0) is 16.1 Å². The average Bonchev–Trinajstić information content (AvgIpc) is 3.40. The van der Waals surface area contributed by atoms with Gasteiger partial charge < -0.3 is 10.1 Å². The van der Waals surface area contributed by atoms with Crippen molar-refractivity contribution in [1.29, 1.82) is 0 Å². The number of nitrogens with zero attached hydrogens (tertiary/aromatic N) is 3. The standard InChI is InChI=1S/C23H18ClFN4O3S/c1-14-21(33-22(27-14)15-6-8-17(25)9-7-15)23(31)32-13-20(30)28-19-10-11-26-29(19)12-16-4-2-3-5-18(16)24/h2-11H,12-13H2,1H3,(H,28,30). The quantitative estimate of drug-likeness (QED) is 0.375. The topological polar surface area (TPSA) is 86.1 Å². The highest BCUT2D eigenvalue weighted by Crippen LogP contribution is 2.28. The second kappa shape index (κ2) is 9.93. The third-order valence-corrected chi connectivity index (χ3v) is 6.22. The van der Waals surface area contributed by atoms with Crippen LogP contribution in [0.3, 0.4) is 0 Å². The van der Waals surface area contributed by atoms with E-state index in [1.165, 1.54) is 12.1 Å². The lowest BCUT2D eigenvalue weighted by atomic mass is 10.2. The van der Waals surface area contributed by atoms with E-state index in [9.17, 15) is 14.0 Å². The molecule has 0 saturated carbocycles. The Kier molecular flexibility index (Phi) is 6.81. The Morgan fingerprint density at radius 1 is 1.15 bits per heavy atom. The molecule has 0 atom stereocenters. The van der Waals surface area contributed by atoms with Crippen LogP contribution in [-0.4, -0.2) is 33.2 Å². The highest BCUT2D eigenvalue weighted by Gasteiger charge is 2.19. The van der Waals surface area contributed by atoms with Gasteiger partial charge in [-0.05, 0) is 42.8 Å². The molecule has 0 unspecified atom stereocenters. The fourth-order valence-corrected chi connectivity index (χ4v) is 4.19. The first-order chi connectivity index (χ1) is 15.9. The summed E-state index contributed by atoms with van der Waals surface area (Å²) in [6, 6.07) is 14.8. The van der Waals surface area contributed by atoms with E-state index in [2.05, 4.69) is 15.4 Å². The van der Waals surface area contributed by atoms with Gasteiger partial charge >= 0.3 is 5.97 Å². The summed E-state index contributed by atoms with van der Waals surface area (Å²) in [6.07, 6.45) is 1.55. The number of aromatic nitrogens is 3. The van der Waals surface area contributed by atoms with Gasteiger partial charge in [0.25, 0.3) is 5.91 Å². The number of rotatable bonds is 7. The Morgan fingerprint density at radius 3 is 2.67 bits per heavy atom. The van der Waals surface area contributed by atoms with Crippen molar-refractivity contribution < 1.29 is 18.7 Å². The molecule has 0 spiro atoms. The molecule has 0 aliphatic heterocycles. The zero-order chi connectivity index (χ0) is 23.4. The van der Waals surface area contributed by atoms with Crippen molar-refractivity contribution in [2.75, 3.05) is 11.9 Å². The molecule has 0 fully saturated rings. The summed E-state index contributed by atoms with van der Waals surface area (Å²) in [5, 5.41) is 8.04. The molecule has 0 radical (unpaired) electrons. The van der Waals surface area contributed by atoms with E-state index in [-0.39, 0.29) is 10.7 Å². The third kappa shape index (κ3) is 5.44. The maximum Gasteiger partial charge on any atom is 0.350 e. The molecule has 0 aliphatic rings. The van der Waals surface area contributed by atoms with Gasteiger partial charge in [-0.3, -0.25) is 4.79 Å². The molecular formula is C23H18ClFN4O3S. The zero-order valence-corrected chi connectivity index (χ0v) is 19.0. The molecule has 2 heterocycles. The van der Waals surface area contributed by atoms with Gasteiger partial charge in [0.15, 0.2) is 6.61 Å². The third-order valence-electron chi connectivity index (χ3n) is 4.67. The van der Waals surface area contributed by atoms with Crippen LogP contribution in [0.4, 0.5) is 10.2 Å². The number of thiazole rings is 1. The molecule has 0 bridgehead atoms. The number of esters is 1. The molecule has 2 aromatic carbocycles. The largest absolute Gasteiger partial charge is 0.451 e. The van der Waals surface area contributed by atoms with Crippen LogP contribution in [0.5, 0.6) is 0 Å². The zero-order valence-electron chi connectivity index (χ0n) is 17.4. The lowest BCUT2D eigenvalue weighted by Crippen LogP contribution is -2.22. The summed E-state index contributed by atoms with van der Waals surface area (Å²) in [6.45, 7) is 1.57. The molecule has 33 heavy (non-hydrogen) atoms. The number of carbonyl (C=O) groups excluding carboxylic acids is 2. The Bertz CT molecular complexity index is 1300. The number of hydrogen-bond donors (Lipinski definition) is 1. The van der Waals surface area contributed by atoms with E-state index < -0.39 is 18.5 Å². The smallest absolute Gasteiger partial charge is 0.350 e. The fourth-order valence-electron chi connectivity index (χ4n) is 3.03. The number of halogens is 2. The Balaban J connectivity index is 1.36. The summed E-state index contributed by atoms with van der Waals surface area (Å²) >= 11 is 7.32. The van der Waals surface area contributed by atoms with Crippen molar-refractivity contribution in [2.24, 2.45) is 0 Å². The van der Waals surface area contributed by atoms with Crippen LogP contribution in [0.1, 0.15) is 20.9 Å². The van der Waals surface area contributed by atoms with Crippen LogP contribution in [0.25, 0.3) is 10.6 Å². The fraction of sp³-hybridized carbons (Fsp3) is 0.130. The summed E-state index contributed by atoms with van der Waals surface area (Å²) < 4.78 is 19.9. The minimum atomic E-state index is -0.655. The number of carbonyl (C=O) groups is 2. The van der Waals surface area contributed by atoms with Crippen molar-refractivity contribution in [3.05, 3.63) is 87.8 Å². The highest BCUT2D eigenvalue weighted by molar-refractivity contribution is 7.17. The Morgan fingerprint density at radius 2 is 1.91 bits per heavy atom. The number of hydrogen-bond acceptors (Lipinski definition) is 6. The molecule has 7 nitrogen and oxygen atoms in total. The second-order valence-electron chi connectivity index (χ2n) is 7.03. The molecule has 168 valence electrons. The van der Waals surface area contributed by atoms with Crippen molar-refractivity contribution >= 4 is 40.6 Å². The van der Waals surface area contributed by atoms with Gasteiger partial charge in [-0.25, -0.2) is 18.9 Å². The average molecular weight is 485 g/mol. The van der Waals surface area contributed by atoms with Gasteiger partial charge in [-0.1, -0.05) is 29.8 Å². The summed E-state index contributed by atoms with van der Waals surface area (Å²) in [4.78, 5) is 29.5. The van der Waals surface area contributed by atoms with E-state index in [1.54, 1.807) is 42.1 Å². The predicted molar refractivity (Wildman–Crippen MR) is 124 cm³/mol. The van der Waals surface area contributed by atoms with Gasteiger partial charge in [-0.15, -0.1) is 11.3 Å². The van der Waals surface area contributed by atoms with Gasteiger partial charge in [0, 0.05) is 16.7 Å². The minimum Gasteiger partial charge on any atom is -0.451 e. The number of benzene rings is 2. The number of ether oxygens (including phenoxy) is 1. The van der Waals surface area contributed by atoms with Crippen LogP contribution in [0.2, 0.25) is 5.02 Å². The SMILES string of the molecule is Cc1nc(-c2ccc(F)cc2)sc1C(=O)OCC(=O)Nc1ccnn1Cc1ccccc1Cl. The number of aryl methyl sites for hydroxylation is 1. The number of anilines is 1. The molecule has 2 aromatic heterocycles. The van der Waals surface area contributed by atoms with Crippen molar-refractivity contribution in [1.82, 2.24) is 14.8 Å². The van der Waals surface area contributed by atoms with Gasteiger partial charge in [0.1, 0.15) is 21.5 Å². The normalized spacial score (nSPS) is 10.8. The lowest BCUT2D eigenvalue weighted by Gasteiger charge is -2.10. The van der Waals surface area contributed by atoms with Gasteiger partial charge in [-0.2, -0.15) is 5.10 Å². The molecule has 0 aliphatic carbocycles. The number of nitrogens with one attached hydrogen (secondary N) is 1. The van der Waals surface area contributed by atoms with Crippen LogP contribution in [0, 0.1) is 12.7 Å². The van der Waals surface area contributed by atoms with Gasteiger partial charge in [0.2, 0.25) is 0 Å². The van der Waals surface area contributed by atoms with Crippen LogP contribution in [0.15, 0.2) is 60.8 Å². The van der Waals surface area contributed by atoms with E-state index in [0.717, 1.165) is 16.9 Å². The van der Waals surface area contributed by atoms with Crippen molar-refractivity contribution in [2.45, 2.75) is 13.5 Å². The van der Waals surface area contributed by atoms with E-state index >= 15 is 0 Å². The molecule has 4 rings (SSSR count). The Hall–Kier alpha value is -3.56. The lowest BCUT2D eigenvalue weighted by molar-refractivity contribution is -0.119. The van der Waals surface area contributed by atoms with E-state index in [0.29, 0.717) is 33.7 Å². The molecular weight excluding hydrogens is 467 g/mol. The minimum absolute atomic E-state index is 0.283. The van der Waals surface area contributed by atoms with Gasteiger partial charge in [0.05, 0.1) is 18.4 Å².